The van der Waals surface area contributed by atoms with Gasteiger partial charge >= 0.3 is 11.8 Å². The van der Waals surface area contributed by atoms with Gasteiger partial charge in [-0.25, -0.2) is 11.3 Å². The second-order valence-electron chi connectivity index (χ2n) is 7.79. The number of rotatable bonds is 7. The third-order valence-electron chi connectivity index (χ3n) is 4.29. The first-order valence-corrected chi connectivity index (χ1v) is 9.20. The van der Waals surface area contributed by atoms with Crippen molar-refractivity contribution in [1.29, 1.82) is 0 Å². The fourth-order valence-corrected chi connectivity index (χ4v) is 2.18. The number of hydrogen-bond donors (Lipinski definition) is 4. The van der Waals surface area contributed by atoms with Gasteiger partial charge in [-0.15, -0.1) is 0 Å². The van der Waals surface area contributed by atoms with Crippen molar-refractivity contribution in [2.75, 3.05) is 5.32 Å². The molecule has 0 aliphatic heterocycles. The zero-order chi connectivity index (χ0) is 22.2. The molecular weight excluding hydrogens is 374 g/mol. The quantitative estimate of drug-likeness (QED) is 0.179. The number of ketones is 1. The molecule has 0 saturated heterocycles. The van der Waals surface area contributed by atoms with E-state index < -0.39 is 17.2 Å². The highest BCUT2D eigenvalue weighted by molar-refractivity contribution is 6.34. The molecule has 0 heterocycles. The predicted molar refractivity (Wildman–Crippen MR) is 111 cm³/mol. The molecule has 0 fully saturated rings. The second kappa shape index (κ2) is 10.5. The molecule has 0 bridgehead atoms. The van der Waals surface area contributed by atoms with Crippen molar-refractivity contribution in [2.45, 2.75) is 53.9 Å². The number of nitrogens with one attached hydrogen (secondary N) is 3. The van der Waals surface area contributed by atoms with Gasteiger partial charge in [-0.1, -0.05) is 26.8 Å². The van der Waals surface area contributed by atoms with Crippen molar-refractivity contribution in [3.8, 4) is 0 Å². The summed E-state index contributed by atoms with van der Waals surface area (Å²) in [6.45, 7) is 9.22. The van der Waals surface area contributed by atoms with Crippen LogP contribution in [0.2, 0.25) is 0 Å². The van der Waals surface area contributed by atoms with Gasteiger partial charge in [0.2, 0.25) is 5.91 Å². The summed E-state index contributed by atoms with van der Waals surface area (Å²) < 4.78 is 0. The summed E-state index contributed by atoms with van der Waals surface area (Å²) in [6, 6.07) is 5.60. The number of amides is 3. The molecule has 1 rings (SSSR count). The van der Waals surface area contributed by atoms with Gasteiger partial charge in [0.05, 0.1) is 0 Å². The largest absolute Gasteiger partial charge is 0.330 e. The molecule has 9 nitrogen and oxygen atoms in total. The maximum atomic E-state index is 12.3. The van der Waals surface area contributed by atoms with Gasteiger partial charge in [0.15, 0.2) is 0 Å². The highest BCUT2D eigenvalue weighted by Crippen LogP contribution is 2.18. The normalized spacial score (nSPS) is 11.6. The van der Waals surface area contributed by atoms with Crippen LogP contribution in [0, 0.1) is 19.3 Å². The van der Waals surface area contributed by atoms with Crippen LogP contribution in [0.1, 0.15) is 51.2 Å². The van der Waals surface area contributed by atoms with Gasteiger partial charge in [-0.2, -0.15) is 5.10 Å². The Morgan fingerprint density at radius 1 is 1.00 bits per heavy atom. The predicted octanol–water partition coefficient (Wildman–Crippen LogP) is 1.49. The smallest absolute Gasteiger partial charge is 0.326 e. The Hall–Kier alpha value is -3.07. The molecule has 0 radical (unpaired) electrons. The summed E-state index contributed by atoms with van der Waals surface area (Å²) in [4.78, 5) is 47.3. The summed E-state index contributed by atoms with van der Waals surface area (Å²) in [5.74, 6) is 2.40. The van der Waals surface area contributed by atoms with Gasteiger partial charge in [0.25, 0.3) is 0 Å². The van der Waals surface area contributed by atoms with Crippen LogP contribution in [0.5, 0.6) is 0 Å². The van der Waals surface area contributed by atoms with Crippen molar-refractivity contribution in [3.63, 3.8) is 0 Å². The van der Waals surface area contributed by atoms with E-state index in [0.29, 0.717) is 11.4 Å². The van der Waals surface area contributed by atoms with E-state index in [9.17, 15) is 19.2 Å². The number of Topliss-reactive ketones (excluding diaryl/α,β-unsaturated/α-hetero) is 1. The number of hydrazone groups is 1. The van der Waals surface area contributed by atoms with Crippen LogP contribution in [0.4, 0.5) is 5.69 Å². The van der Waals surface area contributed by atoms with Crippen LogP contribution in [0.25, 0.3) is 0 Å². The molecule has 0 saturated carbocycles. The van der Waals surface area contributed by atoms with Gasteiger partial charge in [0, 0.05) is 29.7 Å². The SMILES string of the molecule is Cc1ccc(NC(=O)CC/C(CC(=O)C(C)(C)C)=N\NC(=O)C(=O)NN)cc1C. The minimum Gasteiger partial charge on any atom is -0.326 e. The van der Waals surface area contributed by atoms with Crippen LogP contribution in [-0.2, 0) is 19.2 Å². The van der Waals surface area contributed by atoms with Gasteiger partial charge in [-0.05, 0) is 43.5 Å². The molecular formula is C20H29N5O4. The molecule has 29 heavy (non-hydrogen) atoms. The molecule has 3 amide bonds. The zero-order valence-corrected chi connectivity index (χ0v) is 17.5. The number of nitrogens with two attached hydrogens (primary N) is 1. The summed E-state index contributed by atoms with van der Waals surface area (Å²) in [5.41, 5.74) is 6.27. The number of hydrogen-bond acceptors (Lipinski definition) is 6. The lowest BCUT2D eigenvalue weighted by Gasteiger charge is -2.17. The van der Waals surface area contributed by atoms with Crippen LogP contribution in [-0.4, -0.2) is 29.2 Å². The number of carbonyl (C=O) groups is 4. The third-order valence-corrected chi connectivity index (χ3v) is 4.29. The molecule has 1 aromatic carbocycles. The van der Waals surface area contributed by atoms with Crippen molar-refractivity contribution in [2.24, 2.45) is 16.4 Å². The fourth-order valence-electron chi connectivity index (χ4n) is 2.18. The van der Waals surface area contributed by atoms with E-state index >= 15 is 0 Å². The molecule has 5 N–H and O–H groups in total. The maximum absolute atomic E-state index is 12.3. The van der Waals surface area contributed by atoms with E-state index in [1.165, 1.54) is 0 Å². The zero-order valence-electron chi connectivity index (χ0n) is 17.5. The molecule has 0 spiro atoms. The first kappa shape index (κ1) is 24.0. The van der Waals surface area contributed by atoms with Gasteiger partial charge in [0.1, 0.15) is 5.78 Å². The maximum Gasteiger partial charge on any atom is 0.330 e. The van der Waals surface area contributed by atoms with E-state index in [-0.39, 0.29) is 31.0 Å². The van der Waals surface area contributed by atoms with E-state index in [1.807, 2.05) is 32.0 Å². The Kier molecular flexibility index (Phi) is 8.65. The Labute approximate surface area is 170 Å². The summed E-state index contributed by atoms with van der Waals surface area (Å²) in [5, 5.41) is 6.65. The monoisotopic (exact) mass is 403 g/mol. The lowest BCUT2D eigenvalue weighted by atomic mass is 9.87. The minimum atomic E-state index is -1.07. The number of nitrogens with zero attached hydrogens (tertiary/aromatic N) is 1. The highest BCUT2D eigenvalue weighted by atomic mass is 16.2. The molecule has 0 unspecified atom stereocenters. The highest BCUT2D eigenvalue weighted by Gasteiger charge is 2.23. The Morgan fingerprint density at radius 3 is 2.21 bits per heavy atom. The molecule has 9 heteroatoms. The van der Waals surface area contributed by atoms with Crippen LogP contribution in [0.3, 0.4) is 0 Å². The number of hydrazine groups is 1. The van der Waals surface area contributed by atoms with Crippen molar-refractivity contribution in [3.05, 3.63) is 29.3 Å². The van der Waals surface area contributed by atoms with Crippen LogP contribution < -0.4 is 22.0 Å². The van der Waals surface area contributed by atoms with Crippen LogP contribution >= 0.6 is 0 Å². The lowest BCUT2D eigenvalue weighted by Crippen LogP contribution is -2.41. The van der Waals surface area contributed by atoms with Crippen molar-refractivity contribution < 1.29 is 19.2 Å². The van der Waals surface area contributed by atoms with Gasteiger partial charge < -0.3 is 5.32 Å². The Morgan fingerprint density at radius 2 is 1.66 bits per heavy atom. The third kappa shape index (κ3) is 8.22. The average molecular weight is 403 g/mol. The van der Waals surface area contributed by atoms with E-state index in [1.54, 1.807) is 26.2 Å². The molecule has 0 aliphatic rings. The molecule has 0 aromatic heterocycles. The minimum absolute atomic E-state index is 0.0507. The number of anilines is 1. The summed E-state index contributed by atoms with van der Waals surface area (Å²) in [7, 11) is 0. The molecule has 0 atom stereocenters. The topological polar surface area (TPSA) is 143 Å². The van der Waals surface area contributed by atoms with Crippen molar-refractivity contribution in [1.82, 2.24) is 10.9 Å². The van der Waals surface area contributed by atoms with Crippen LogP contribution in [0.15, 0.2) is 23.3 Å². The second-order valence-corrected chi connectivity index (χ2v) is 7.79. The molecule has 1 aromatic rings. The summed E-state index contributed by atoms with van der Waals surface area (Å²) >= 11 is 0. The Bertz CT molecular complexity index is 825. The standard InChI is InChI=1S/C20H29N5O4/c1-12-6-7-14(10-13(12)2)22-17(27)9-8-15(11-16(26)20(3,4)5)24-25-19(29)18(28)23-21/h6-7,10H,8-9,11,21H2,1-5H3,(H,22,27)(H,23,28)(H,25,29)/b24-15+. The first-order valence-electron chi connectivity index (χ1n) is 9.20. The van der Waals surface area contributed by atoms with E-state index in [0.717, 1.165) is 11.1 Å². The number of aryl methyl sites for hydroxylation is 2. The number of carbonyl (C=O) groups excluding carboxylic acids is 4. The molecule has 158 valence electrons. The Balaban J connectivity index is 2.80. The average Bonchev–Trinajstić information content (AvgIpc) is 2.64. The van der Waals surface area contributed by atoms with E-state index in [4.69, 9.17) is 5.84 Å². The fraction of sp³-hybridized carbons (Fsp3) is 0.450. The van der Waals surface area contributed by atoms with E-state index in [2.05, 4.69) is 15.8 Å². The lowest BCUT2D eigenvalue weighted by molar-refractivity contribution is -0.139. The first-order chi connectivity index (χ1) is 13.4. The summed E-state index contributed by atoms with van der Waals surface area (Å²) in [6.07, 6.45) is 0.149. The number of benzene rings is 1. The van der Waals surface area contributed by atoms with Gasteiger partial charge in [-0.3, -0.25) is 24.6 Å². The molecule has 0 aliphatic carbocycles. The van der Waals surface area contributed by atoms with Crippen molar-refractivity contribution >= 4 is 34.9 Å².